The molecule has 2 N–H and O–H groups in total. The molecule has 114 valence electrons. The number of hydrogen-bond donors (Lipinski definition) is 2. The average molecular weight is 297 g/mol. The monoisotopic (exact) mass is 297 g/mol. The predicted molar refractivity (Wildman–Crippen MR) is 70.1 cm³/mol. The summed E-state index contributed by atoms with van der Waals surface area (Å²) in [5.41, 5.74) is 0.517. The molecule has 1 fully saturated rings. The van der Waals surface area contributed by atoms with Crippen molar-refractivity contribution >= 4 is 11.9 Å². The molecule has 1 saturated heterocycles. The highest BCUT2D eigenvalue weighted by Gasteiger charge is 2.26. The van der Waals surface area contributed by atoms with E-state index in [1.165, 1.54) is 24.3 Å². The first kappa shape index (κ1) is 15.4. The van der Waals surface area contributed by atoms with Gasteiger partial charge in [0.05, 0.1) is 32.3 Å². The van der Waals surface area contributed by atoms with E-state index < -0.39 is 29.8 Å². The van der Waals surface area contributed by atoms with Gasteiger partial charge in [-0.15, -0.1) is 0 Å². The number of rotatable bonds is 5. The quantitative estimate of drug-likeness (QED) is 0.842. The van der Waals surface area contributed by atoms with E-state index in [4.69, 9.17) is 14.6 Å². The van der Waals surface area contributed by atoms with Crippen molar-refractivity contribution in [3.63, 3.8) is 0 Å². The van der Waals surface area contributed by atoms with Crippen LogP contribution in [-0.2, 0) is 19.1 Å². The van der Waals surface area contributed by atoms with Crippen molar-refractivity contribution in [1.29, 1.82) is 0 Å². The second kappa shape index (κ2) is 7.14. The number of hydrogen-bond acceptors (Lipinski definition) is 4. The Morgan fingerprint density at radius 1 is 1.33 bits per heavy atom. The SMILES string of the molecule is O=C(O)C[C@@H](NC(=O)[C@@H]1COCCO1)c1ccc(F)cc1. The molecule has 0 bridgehead atoms. The van der Waals surface area contributed by atoms with Crippen molar-refractivity contribution < 1.29 is 28.6 Å². The summed E-state index contributed by atoms with van der Waals surface area (Å²) in [4.78, 5) is 23.0. The van der Waals surface area contributed by atoms with Crippen LogP contribution in [0.3, 0.4) is 0 Å². The Labute approximate surface area is 120 Å². The Morgan fingerprint density at radius 3 is 2.62 bits per heavy atom. The first-order valence-corrected chi connectivity index (χ1v) is 6.53. The van der Waals surface area contributed by atoms with Crippen molar-refractivity contribution in [1.82, 2.24) is 5.32 Å². The van der Waals surface area contributed by atoms with Gasteiger partial charge >= 0.3 is 5.97 Å². The van der Waals surface area contributed by atoms with Gasteiger partial charge in [-0.3, -0.25) is 9.59 Å². The maximum atomic E-state index is 12.9. The van der Waals surface area contributed by atoms with Gasteiger partial charge in [0, 0.05) is 0 Å². The summed E-state index contributed by atoms with van der Waals surface area (Å²) >= 11 is 0. The van der Waals surface area contributed by atoms with E-state index in [2.05, 4.69) is 5.32 Å². The molecule has 1 heterocycles. The summed E-state index contributed by atoms with van der Waals surface area (Å²) < 4.78 is 23.3. The highest BCUT2D eigenvalue weighted by atomic mass is 19.1. The summed E-state index contributed by atoms with van der Waals surface area (Å²) in [7, 11) is 0. The van der Waals surface area contributed by atoms with Gasteiger partial charge in [-0.1, -0.05) is 12.1 Å². The van der Waals surface area contributed by atoms with E-state index in [1.54, 1.807) is 0 Å². The zero-order chi connectivity index (χ0) is 15.2. The van der Waals surface area contributed by atoms with E-state index >= 15 is 0 Å². The molecule has 2 atom stereocenters. The van der Waals surface area contributed by atoms with Gasteiger partial charge in [0.15, 0.2) is 6.10 Å². The second-order valence-corrected chi connectivity index (χ2v) is 4.64. The number of carbonyl (C=O) groups is 2. The topological polar surface area (TPSA) is 84.9 Å². The van der Waals surface area contributed by atoms with Gasteiger partial charge in [-0.25, -0.2) is 4.39 Å². The van der Waals surface area contributed by atoms with E-state index in [0.29, 0.717) is 18.8 Å². The van der Waals surface area contributed by atoms with Gasteiger partial charge in [0.2, 0.25) is 0 Å². The van der Waals surface area contributed by atoms with Crippen molar-refractivity contribution in [3.8, 4) is 0 Å². The number of amides is 1. The normalized spacial score (nSPS) is 19.8. The van der Waals surface area contributed by atoms with Crippen molar-refractivity contribution in [3.05, 3.63) is 35.6 Å². The van der Waals surface area contributed by atoms with E-state index in [9.17, 15) is 14.0 Å². The fraction of sp³-hybridized carbons (Fsp3) is 0.429. The summed E-state index contributed by atoms with van der Waals surface area (Å²) in [5.74, 6) is -1.93. The van der Waals surface area contributed by atoms with Crippen LogP contribution in [0.5, 0.6) is 0 Å². The van der Waals surface area contributed by atoms with Gasteiger partial charge in [0.25, 0.3) is 5.91 Å². The molecular formula is C14H16FNO5. The van der Waals surface area contributed by atoms with E-state index in [1.807, 2.05) is 0 Å². The molecule has 6 nitrogen and oxygen atoms in total. The van der Waals surface area contributed by atoms with Crippen LogP contribution in [-0.4, -0.2) is 42.9 Å². The smallest absolute Gasteiger partial charge is 0.305 e. The number of carboxylic acid groups (broad SMARTS) is 1. The Kier molecular flexibility index (Phi) is 5.24. The highest BCUT2D eigenvalue weighted by Crippen LogP contribution is 2.18. The fourth-order valence-corrected chi connectivity index (χ4v) is 2.03. The Balaban J connectivity index is 2.06. The number of nitrogens with one attached hydrogen (secondary N) is 1. The number of ether oxygens (including phenoxy) is 2. The zero-order valence-electron chi connectivity index (χ0n) is 11.3. The van der Waals surface area contributed by atoms with E-state index in [-0.39, 0.29) is 13.0 Å². The third-order valence-electron chi connectivity index (χ3n) is 3.08. The van der Waals surface area contributed by atoms with Crippen LogP contribution in [0.25, 0.3) is 0 Å². The average Bonchev–Trinajstić information content (AvgIpc) is 2.48. The van der Waals surface area contributed by atoms with Crippen LogP contribution in [0.1, 0.15) is 18.0 Å². The molecule has 0 radical (unpaired) electrons. The molecule has 0 spiro atoms. The van der Waals surface area contributed by atoms with Gasteiger partial charge < -0.3 is 19.9 Å². The third-order valence-corrected chi connectivity index (χ3v) is 3.08. The molecule has 1 aliphatic rings. The molecule has 0 aliphatic carbocycles. The summed E-state index contributed by atoms with van der Waals surface area (Å²) in [5, 5.41) is 11.5. The third kappa shape index (κ3) is 4.51. The maximum Gasteiger partial charge on any atom is 0.305 e. The molecular weight excluding hydrogens is 281 g/mol. The maximum absolute atomic E-state index is 12.9. The number of aliphatic carboxylic acids is 1. The lowest BCUT2D eigenvalue weighted by Gasteiger charge is -2.25. The number of benzene rings is 1. The minimum Gasteiger partial charge on any atom is -0.481 e. The number of carboxylic acids is 1. The molecule has 0 aromatic heterocycles. The van der Waals surface area contributed by atoms with Crippen LogP contribution < -0.4 is 5.32 Å². The van der Waals surface area contributed by atoms with Crippen molar-refractivity contribution in [2.45, 2.75) is 18.6 Å². The number of halogens is 1. The Morgan fingerprint density at radius 2 is 2.05 bits per heavy atom. The predicted octanol–water partition coefficient (Wildman–Crippen LogP) is 0.873. The van der Waals surface area contributed by atoms with Gasteiger partial charge in [0.1, 0.15) is 5.82 Å². The highest BCUT2D eigenvalue weighted by molar-refractivity contribution is 5.82. The molecule has 1 aliphatic heterocycles. The standard InChI is InChI=1S/C14H16FNO5/c15-10-3-1-9(2-4-10)11(7-13(17)18)16-14(19)12-8-20-5-6-21-12/h1-4,11-12H,5-8H2,(H,16,19)(H,17,18)/t11-,12+/m1/s1. The number of carbonyl (C=O) groups excluding carboxylic acids is 1. The molecule has 0 unspecified atom stereocenters. The summed E-state index contributed by atoms with van der Waals surface area (Å²) in [6.07, 6.45) is -1.05. The summed E-state index contributed by atoms with van der Waals surface area (Å²) in [6, 6.07) is 4.58. The molecule has 0 saturated carbocycles. The van der Waals surface area contributed by atoms with Crippen LogP contribution in [0, 0.1) is 5.82 Å². The first-order valence-electron chi connectivity index (χ1n) is 6.53. The minimum absolute atomic E-state index is 0.134. The van der Waals surface area contributed by atoms with Crippen molar-refractivity contribution in [2.75, 3.05) is 19.8 Å². The zero-order valence-corrected chi connectivity index (χ0v) is 11.3. The molecule has 21 heavy (non-hydrogen) atoms. The lowest BCUT2D eigenvalue weighted by atomic mass is 10.0. The van der Waals surface area contributed by atoms with E-state index in [0.717, 1.165) is 0 Å². The van der Waals surface area contributed by atoms with Crippen LogP contribution in [0.2, 0.25) is 0 Å². The van der Waals surface area contributed by atoms with Crippen LogP contribution in [0.15, 0.2) is 24.3 Å². The lowest BCUT2D eigenvalue weighted by Crippen LogP contribution is -2.44. The first-order chi connectivity index (χ1) is 10.1. The largest absolute Gasteiger partial charge is 0.481 e. The van der Waals surface area contributed by atoms with Crippen LogP contribution in [0.4, 0.5) is 4.39 Å². The Hall–Kier alpha value is -1.99. The fourth-order valence-electron chi connectivity index (χ4n) is 2.03. The molecule has 2 rings (SSSR count). The molecule has 7 heteroatoms. The Bertz CT molecular complexity index is 499. The molecule has 1 amide bonds. The van der Waals surface area contributed by atoms with Gasteiger partial charge in [-0.2, -0.15) is 0 Å². The van der Waals surface area contributed by atoms with Gasteiger partial charge in [-0.05, 0) is 17.7 Å². The summed E-state index contributed by atoms with van der Waals surface area (Å²) in [6.45, 7) is 0.883. The lowest BCUT2D eigenvalue weighted by molar-refractivity contribution is -0.148. The molecule has 1 aromatic carbocycles. The minimum atomic E-state index is -1.06. The second-order valence-electron chi connectivity index (χ2n) is 4.64. The molecule has 1 aromatic rings. The van der Waals surface area contributed by atoms with Crippen LogP contribution >= 0.6 is 0 Å². The van der Waals surface area contributed by atoms with Crippen molar-refractivity contribution in [2.24, 2.45) is 0 Å².